The van der Waals surface area contributed by atoms with E-state index in [4.69, 9.17) is 19.9 Å². The van der Waals surface area contributed by atoms with Crippen LogP contribution in [-0.2, 0) is 23.8 Å². The zero-order chi connectivity index (χ0) is 22.6. The van der Waals surface area contributed by atoms with Crippen molar-refractivity contribution in [3.05, 3.63) is 22.6 Å². The zero-order valence-electron chi connectivity index (χ0n) is 18.2. The molecule has 5 rings (SSSR count). The van der Waals surface area contributed by atoms with Crippen molar-refractivity contribution in [2.75, 3.05) is 58.0 Å². The lowest BCUT2D eigenvalue weighted by Gasteiger charge is -2.39. The number of carbonyl (C=O) groups is 3. The molecule has 0 aromatic rings. The Labute approximate surface area is 190 Å². The van der Waals surface area contributed by atoms with E-state index in [1.165, 1.54) is 0 Å². The molecule has 3 fully saturated rings. The molecule has 3 saturated heterocycles. The Morgan fingerprint density at radius 3 is 2.72 bits per heavy atom. The van der Waals surface area contributed by atoms with E-state index in [9.17, 15) is 14.4 Å². The van der Waals surface area contributed by atoms with Crippen LogP contribution >= 0.6 is 11.8 Å². The van der Waals surface area contributed by atoms with Crippen LogP contribution < -0.4 is 11.1 Å². The molecule has 5 aliphatic rings. The molecule has 174 valence electrons. The van der Waals surface area contributed by atoms with Gasteiger partial charge in [0.25, 0.3) is 0 Å². The minimum atomic E-state index is -0.975. The van der Waals surface area contributed by atoms with E-state index in [-0.39, 0.29) is 36.0 Å². The summed E-state index contributed by atoms with van der Waals surface area (Å²) in [5, 5.41) is 3.34. The fraction of sp³-hybridized carbons (Fsp3) is 0.667. The molecule has 0 spiro atoms. The highest BCUT2D eigenvalue weighted by Gasteiger charge is 2.72. The molecule has 0 bridgehead atoms. The summed E-state index contributed by atoms with van der Waals surface area (Å²) in [5.41, 5.74) is 5.17. The lowest BCUT2D eigenvalue weighted by molar-refractivity contribution is -0.137. The molecule has 3 N–H and O–H groups in total. The van der Waals surface area contributed by atoms with Crippen molar-refractivity contribution in [1.82, 2.24) is 15.1 Å². The van der Waals surface area contributed by atoms with Gasteiger partial charge in [-0.25, -0.2) is 4.79 Å². The molecule has 10 nitrogen and oxygen atoms in total. The number of methoxy groups -OCH3 is 1. The zero-order valence-corrected chi connectivity index (χ0v) is 19.0. The van der Waals surface area contributed by atoms with E-state index in [0.29, 0.717) is 36.5 Å². The highest BCUT2D eigenvalue weighted by molar-refractivity contribution is 7.99. The Morgan fingerprint density at radius 2 is 2.03 bits per heavy atom. The highest BCUT2D eigenvalue weighted by atomic mass is 32.2. The van der Waals surface area contributed by atoms with Gasteiger partial charge in [-0.3, -0.25) is 14.5 Å². The standard InChI is InChI=1S/C21H28N4O6S/c1-11-16(26)15-14(17(27)18(11)30-6-3-24-4-7-32-8-5-24)12(10-31-20(22)28)21(29-2)19-13(23-19)9-25(15)21/h12-13,19,23H,3-10H2,1-2H3,(H2,22,28). The fourth-order valence-corrected chi connectivity index (χ4v) is 6.52. The van der Waals surface area contributed by atoms with Crippen molar-refractivity contribution in [3.8, 4) is 0 Å². The first kappa shape index (κ1) is 21.7. The number of ketones is 2. The van der Waals surface area contributed by atoms with Crippen LogP contribution in [-0.4, -0.2) is 103 Å². The summed E-state index contributed by atoms with van der Waals surface area (Å²) < 4.78 is 17.0. The normalized spacial score (nSPS) is 33.9. The summed E-state index contributed by atoms with van der Waals surface area (Å²) in [5.74, 6) is 1.02. The number of piperazine rings is 1. The number of nitrogens with two attached hydrogens (primary N) is 1. The van der Waals surface area contributed by atoms with E-state index >= 15 is 0 Å². The molecule has 11 heteroatoms. The van der Waals surface area contributed by atoms with Gasteiger partial charge in [-0.1, -0.05) is 0 Å². The molecule has 0 saturated carbocycles. The SMILES string of the molecule is COC12C(COC(N)=O)C3=C(C(=O)C(C)=C(OCCN4CCSCC4)C3=O)N1CC1NC12. The number of hydrogen-bond acceptors (Lipinski definition) is 10. The molecule has 0 aromatic carbocycles. The van der Waals surface area contributed by atoms with Crippen LogP contribution in [0.2, 0.25) is 0 Å². The molecule has 1 amide bonds. The van der Waals surface area contributed by atoms with Crippen molar-refractivity contribution in [2.45, 2.75) is 24.7 Å². The van der Waals surface area contributed by atoms with Gasteiger partial charge >= 0.3 is 6.09 Å². The third-order valence-corrected chi connectivity index (χ3v) is 8.07. The first-order valence-corrected chi connectivity index (χ1v) is 12.0. The molecule has 4 atom stereocenters. The van der Waals surface area contributed by atoms with Gasteiger partial charge < -0.3 is 30.2 Å². The number of allylic oxidation sites excluding steroid dienone is 2. The second-order valence-electron chi connectivity index (χ2n) is 8.68. The van der Waals surface area contributed by atoms with E-state index < -0.39 is 17.7 Å². The van der Waals surface area contributed by atoms with Crippen molar-refractivity contribution in [3.63, 3.8) is 0 Å². The minimum Gasteiger partial charge on any atom is -0.488 e. The van der Waals surface area contributed by atoms with Crippen LogP contribution in [0.25, 0.3) is 0 Å². The summed E-state index contributed by atoms with van der Waals surface area (Å²) in [4.78, 5) is 42.6. The molecule has 0 radical (unpaired) electrons. The number of ether oxygens (including phenoxy) is 3. The number of fused-ring (bicyclic) bond motifs is 4. The number of hydrogen-bond donors (Lipinski definition) is 2. The molecule has 1 aliphatic carbocycles. The van der Waals surface area contributed by atoms with Gasteiger partial charge in [0.15, 0.2) is 11.5 Å². The van der Waals surface area contributed by atoms with Crippen LogP contribution in [0.4, 0.5) is 4.79 Å². The number of thioether (sulfide) groups is 1. The van der Waals surface area contributed by atoms with E-state index in [1.807, 2.05) is 16.7 Å². The molecule has 32 heavy (non-hydrogen) atoms. The van der Waals surface area contributed by atoms with Crippen molar-refractivity contribution < 1.29 is 28.6 Å². The summed E-state index contributed by atoms with van der Waals surface area (Å²) in [6.45, 7) is 5.02. The van der Waals surface area contributed by atoms with Gasteiger partial charge in [0.2, 0.25) is 11.6 Å². The molecule has 4 aliphatic heterocycles. The molecular weight excluding hydrogens is 436 g/mol. The smallest absolute Gasteiger partial charge is 0.404 e. The predicted octanol–water partition coefficient (Wildman–Crippen LogP) is -0.544. The molecule has 0 aromatic heterocycles. The highest BCUT2D eigenvalue weighted by Crippen LogP contribution is 2.55. The monoisotopic (exact) mass is 464 g/mol. The second-order valence-corrected chi connectivity index (χ2v) is 9.90. The Kier molecular flexibility index (Phi) is 5.47. The summed E-state index contributed by atoms with van der Waals surface area (Å²) >= 11 is 1.93. The summed E-state index contributed by atoms with van der Waals surface area (Å²) in [6, 6.07) is 0.0921. The summed E-state index contributed by atoms with van der Waals surface area (Å²) in [7, 11) is 1.55. The van der Waals surface area contributed by atoms with E-state index in [2.05, 4.69) is 10.2 Å². The fourth-order valence-electron chi connectivity index (χ4n) is 5.54. The third-order valence-electron chi connectivity index (χ3n) is 7.13. The van der Waals surface area contributed by atoms with Crippen LogP contribution in [0.15, 0.2) is 22.6 Å². The van der Waals surface area contributed by atoms with Gasteiger partial charge in [-0.15, -0.1) is 0 Å². The van der Waals surface area contributed by atoms with Crippen LogP contribution in [0.5, 0.6) is 0 Å². The number of Topliss-reactive ketones (excluding diaryl/α,β-unsaturated/α-hetero) is 2. The average molecular weight is 465 g/mol. The van der Waals surface area contributed by atoms with E-state index in [1.54, 1.807) is 14.0 Å². The first-order chi connectivity index (χ1) is 15.4. The van der Waals surface area contributed by atoms with Gasteiger partial charge in [-0.05, 0) is 6.92 Å². The van der Waals surface area contributed by atoms with Crippen molar-refractivity contribution in [1.29, 1.82) is 0 Å². The largest absolute Gasteiger partial charge is 0.488 e. The number of nitrogens with one attached hydrogen (secondary N) is 1. The van der Waals surface area contributed by atoms with Crippen LogP contribution in [0.1, 0.15) is 6.92 Å². The maximum Gasteiger partial charge on any atom is 0.404 e. The van der Waals surface area contributed by atoms with Gasteiger partial charge in [0.05, 0.1) is 17.7 Å². The lowest BCUT2D eigenvalue weighted by Crippen LogP contribution is -2.55. The van der Waals surface area contributed by atoms with E-state index in [0.717, 1.165) is 24.6 Å². The third kappa shape index (κ3) is 3.17. The minimum absolute atomic E-state index is 0.0678. The lowest BCUT2D eigenvalue weighted by atomic mass is 9.83. The number of nitrogens with zero attached hydrogens (tertiary/aromatic N) is 2. The average Bonchev–Trinajstić information content (AvgIpc) is 3.40. The van der Waals surface area contributed by atoms with Crippen LogP contribution in [0, 0.1) is 5.92 Å². The Bertz CT molecular complexity index is 929. The predicted molar refractivity (Wildman–Crippen MR) is 116 cm³/mol. The van der Waals surface area contributed by atoms with Gasteiger partial charge in [-0.2, -0.15) is 11.8 Å². The first-order valence-electron chi connectivity index (χ1n) is 10.9. The number of rotatable bonds is 7. The maximum absolute atomic E-state index is 13.6. The topological polar surface area (TPSA) is 133 Å². The second kappa shape index (κ2) is 8.05. The van der Waals surface area contributed by atoms with Crippen molar-refractivity contribution >= 4 is 29.4 Å². The number of amides is 1. The molecular formula is C21H28N4O6S. The summed E-state index contributed by atoms with van der Waals surface area (Å²) in [6.07, 6.45) is -0.937. The molecule has 4 heterocycles. The van der Waals surface area contributed by atoms with Gasteiger partial charge in [0, 0.05) is 62.0 Å². The quantitative estimate of drug-likeness (QED) is 0.374. The molecule has 4 unspecified atom stereocenters. The Hall–Kier alpha value is -2.08. The number of carbonyl (C=O) groups excluding carboxylic acids is 3. The van der Waals surface area contributed by atoms with Crippen molar-refractivity contribution in [2.24, 2.45) is 11.7 Å². The van der Waals surface area contributed by atoms with Gasteiger partial charge in [0.1, 0.15) is 13.2 Å². The Balaban J connectivity index is 1.41. The van der Waals surface area contributed by atoms with Crippen LogP contribution in [0.3, 0.4) is 0 Å². The Morgan fingerprint density at radius 1 is 1.28 bits per heavy atom. The maximum atomic E-state index is 13.6. The number of primary amides is 1.